The van der Waals surface area contributed by atoms with Crippen molar-refractivity contribution < 1.29 is 14.0 Å². The number of amides is 2. The molecule has 1 N–H and O–H groups in total. The van der Waals surface area contributed by atoms with Crippen LogP contribution in [0.3, 0.4) is 0 Å². The van der Waals surface area contributed by atoms with Crippen LogP contribution in [0.5, 0.6) is 0 Å². The molecule has 0 bridgehead atoms. The van der Waals surface area contributed by atoms with E-state index in [9.17, 15) is 9.59 Å². The first-order chi connectivity index (χ1) is 9.15. The first-order valence-corrected chi connectivity index (χ1v) is 6.16. The lowest BCUT2D eigenvalue weighted by Crippen LogP contribution is -2.32. The Morgan fingerprint density at radius 1 is 1.47 bits per heavy atom. The monoisotopic (exact) mass is 258 g/mol. The van der Waals surface area contributed by atoms with E-state index < -0.39 is 0 Å². The predicted octanol–water partition coefficient (Wildman–Crippen LogP) is 2.09. The highest BCUT2D eigenvalue weighted by molar-refractivity contribution is 5.87. The Bertz CT molecular complexity index is 647. The van der Waals surface area contributed by atoms with Crippen molar-refractivity contribution in [2.45, 2.75) is 13.0 Å². The van der Waals surface area contributed by atoms with Crippen molar-refractivity contribution in [3.8, 4) is 0 Å². The van der Waals surface area contributed by atoms with Crippen LogP contribution in [-0.4, -0.2) is 29.8 Å². The summed E-state index contributed by atoms with van der Waals surface area (Å²) in [7, 11) is 0. The fourth-order valence-corrected chi connectivity index (χ4v) is 2.44. The van der Waals surface area contributed by atoms with Crippen LogP contribution in [0, 0.1) is 0 Å². The fraction of sp³-hybridized carbons (Fsp3) is 0.286. The molecule has 1 saturated heterocycles. The second-order valence-corrected chi connectivity index (χ2v) is 4.77. The van der Waals surface area contributed by atoms with Crippen LogP contribution in [-0.2, 0) is 4.79 Å². The Hall–Kier alpha value is -2.30. The average molecular weight is 258 g/mol. The van der Waals surface area contributed by atoms with Crippen LogP contribution in [0.25, 0.3) is 11.0 Å². The molecule has 0 aliphatic carbocycles. The molecular formula is C14H14N2O3. The van der Waals surface area contributed by atoms with E-state index in [1.165, 1.54) is 11.8 Å². The van der Waals surface area contributed by atoms with E-state index in [0.717, 1.165) is 16.5 Å². The normalized spacial score (nSPS) is 18.9. The highest BCUT2D eigenvalue weighted by Gasteiger charge is 2.31. The summed E-state index contributed by atoms with van der Waals surface area (Å²) in [5, 5.41) is 3.88. The first kappa shape index (κ1) is 11.8. The zero-order valence-corrected chi connectivity index (χ0v) is 10.6. The van der Waals surface area contributed by atoms with Crippen molar-refractivity contribution in [2.75, 3.05) is 13.1 Å². The van der Waals surface area contributed by atoms with Crippen molar-refractivity contribution in [2.24, 2.45) is 0 Å². The summed E-state index contributed by atoms with van der Waals surface area (Å²) in [4.78, 5) is 24.4. The molecule has 98 valence electrons. The van der Waals surface area contributed by atoms with Crippen LogP contribution in [0.4, 0.5) is 4.79 Å². The van der Waals surface area contributed by atoms with Gasteiger partial charge in [-0.15, -0.1) is 0 Å². The molecule has 0 radical (unpaired) electrons. The molecule has 1 aliphatic rings. The minimum absolute atomic E-state index is 0.0205. The summed E-state index contributed by atoms with van der Waals surface area (Å²) in [6.45, 7) is 2.12. The molecule has 0 saturated carbocycles. The van der Waals surface area contributed by atoms with E-state index >= 15 is 0 Å². The molecular weight excluding hydrogens is 244 g/mol. The van der Waals surface area contributed by atoms with Crippen molar-refractivity contribution in [3.63, 3.8) is 0 Å². The Balaban J connectivity index is 1.88. The summed E-state index contributed by atoms with van der Waals surface area (Å²) >= 11 is 0. The van der Waals surface area contributed by atoms with Gasteiger partial charge >= 0.3 is 6.03 Å². The Kier molecular flexibility index (Phi) is 2.74. The molecule has 3 rings (SSSR count). The number of nitrogens with one attached hydrogen (secondary N) is 1. The molecule has 2 heterocycles. The lowest BCUT2D eigenvalue weighted by molar-refractivity contribution is -0.117. The largest absolute Gasteiger partial charge is 0.464 e. The van der Waals surface area contributed by atoms with Gasteiger partial charge in [0.25, 0.3) is 0 Å². The summed E-state index contributed by atoms with van der Waals surface area (Å²) in [6.07, 6.45) is 1.67. The molecule has 5 nitrogen and oxygen atoms in total. The molecule has 19 heavy (non-hydrogen) atoms. The first-order valence-electron chi connectivity index (χ1n) is 6.16. The van der Waals surface area contributed by atoms with Gasteiger partial charge in [0.15, 0.2) is 0 Å². The van der Waals surface area contributed by atoms with Gasteiger partial charge in [-0.1, -0.05) is 18.2 Å². The van der Waals surface area contributed by atoms with Crippen LogP contribution in [0.2, 0.25) is 0 Å². The molecule has 2 amide bonds. The smallest absolute Gasteiger partial charge is 0.318 e. The Morgan fingerprint density at radius 2 is 2.26 bits per heavy atom. The number of nitrogens with zero attached hydrogens (tertiary/aromatic N) is 1. The van der Waals surface area contributed by atoms with E-state index in [1.807, 2.05) is 24.3 Å². The van der Waals surface area contributed by atoms with Gasteiger partial charge in [0.05, 0.1) is 18.8 Å². The maximum Gasteiger partial charge on any atom is 0.318 e. The number of carbonyl (C=O) groups excluding carboxylic acids is 2. The molecule has 2 aromatic rings. The second-order valence-electron chi connectivity index (χ2n) is 4.77. The minimum atomic E-state index is -0.203. The minimum Gasteiger partial charge on any atom is -0.464 e. The van der Waals surface area contributed by atoms with Gasteiger partial charge < -0.3 is 14.6 Å². The topological polar surface area (TPSA) is 62.6 Å². The predicted molar refractivity (Wildman–Crippen MR) is 69.7 cm³/mol. The van der Waals surface area contributed by atoms with Crippen molar-refractivity contribution in [1.82, 2.24) is 10.2 Å². The lowest BCUT2D eigenvalue weighted by Gasteiger charge is -2.11. The van der Waals surface area contributed by atoms with Gasteiger partial charge in [-0.3, -0.25) is 4.79 Å². The SMILES string of the molecule is CC(=O)CN1CC(c2coc3ccccc23)NC1=O. The number of furan rings is 1. The van der Waals surface area contributed by atoms with Crippen molar-refractivity contribution in [3.05, 3.63) is 36.1 Å². The molecule has 1 aromatic carbocycles. The van der Waals surface area contributed by atoms with Crippen LogP contribution < -0.4 is 5.32 Å². The standard InChI is InChI=1S/C14H14N2O3/c1-9(17)6-16-7-12(15-14(16)18)11-8-19-13-5-3-2-4-10(11)13/h2-5,8,12H,6-7H2,1H3,(H,15,18). The van der Waals surface area contributed by atoms with E-state index in [-0.39, 0.29) is 24.4 Å². The van der Waals surface area contributed by atoms with E-state index in [2.05, 4.69) is 5.32 Å². The highest BCUT2D eigenvalue weighted by Crippen LogP contribution is 2.29. The number of carbonyl (C=O) groups is 2. The molecule has 0 spiro atoms. The van der Waals surface area contributed by atoms with E-state index in [1.54, 1.807) is 6.26 Å². The average Bonchev–Trinajstić information content (AvgIpc) is 2.93. The number of Topliss-reactive ketones (excluding diaryl/α,β-unsaturated/α-hetero) is 1. The van der Waals surface area contributed by atoms with Crippen LogP contribution in [0.1, 0.15) is 18.5 Å². The van der Waals surface area contributed by atoms with Gasteiger partial charge in [0, 0.05) is 17.5 Å². The van der Waals surface area contributed by atoms with Crippen LogP contribution in [0.15, 0.2) is 34.9 Å². The molecule has 1 unspecified atom stereocenters. The van der Waals surface area contributed by atoms with Gasteiger partial charge in [-0.2, -0.15) is 0 Å². The van der Waals surface area contributed by atoms with Gasteiger partial charge in [-0.05, 0) is 13.0 Å². The zero-order chi connectivity index (χ0) is 13.4. The third kappa shape index (κ3) is 2.07. The van der Waals surface area contributed by atoms with Gasteiger partial charge in [-0.25, -0.2) is 4.79 Å². The molecule has 1 fully saturated rings. The number of ketones is 1. The zero-order valence-electron chi connectivity index (χ0n) is 10.6. The number of fused-ring (bicyclic) bond motifs is 1. The summed E-state index contributed by atoms with van der Waals surface area (Å²) in [5.74, 6) is -0.0205. The molecule has 5 heteroatoms. The Morgan fingerprint density at radius 3 is 3.05 bits per heavy atom. The number of urea groups is 1. The number of para-hydroxylation sites is 1. The van der Waals surface area contributed by atoms with Crippen LogP contribution >= 0.6 is 0 Å². The number of hydrogen-bond donors (Lipinski definition) is 1. The third-order valence-electron chi connectivity index (χ3n) is 3.29. The second kappa shape index (κ2) is 4.42. The molecule has 1 aromatic heterocycles. The molecule has 1 aliphatic heterocycles. The summed E-state index contributed by atoms with van der Waals surface area (Å²) in [6, 6.07) is 7.37. The quantitative estimate of drug-likeness (QED) is 0.916. The van der Waals surface area contributed by atoms with Gasteiger partial charge in [0.1, 0.15) is 11.4 Å². The number of rotatable bonds is 3. The highest BCUT2D eigenvalue weighted by atomic mass is 16.3. The van der Waals surface area contributed by atoms with E-state index in [4.69, 9.17) is 4.42 Å². The number of hydrogen-bond acceptors (Lipinski definition) is 3. The fourth-order valence-electron chi connectivity index (χ4n) is 2.44. The Labute approximate surface area is 110 Å². The lowest BCUT2D eigenvalue weighted by atomic mass is 10.1. The number of benzene rings is 1. The molecule has 1 atom stereocenters. The summed E-state index contributed by atoms with van der Waals surface area (Å²) in [5.41, 5.74) is 1.76. The maximum absolute atomic E-state index is 11.8. The van der Waals surface area contributed by atoms with Gasteiger partial charge in [0.2, 0.25) is 0 Å². The van der Waals surface area contributed by atoms with E-state index in [0.29, 0.717) is 6.54 Å². The summed E-state index contributed by atoms with van der Waals surface area (Å²) < 4.78 is 5.48. The third-order valence-corrected chi connectivity index (χ3v) is 3.29. The van der Waals surface area contributed by atoms with Crippen molar-refractivity contribution in [1.29, 1.82) is 0 Å². The maximum atomic E-state index is 11.8. The van der Waals surface area contributed by atoms with Crippen molar-refractivity contribution >= 4 is 22.8 Å².